The highest BCUT2D eigenvalue weighted by Gasteiger charge is 2.13. The fraction of sp³-hybridized carbons (Fsp3) is 0. The van der Waals surface area contributed by atoms with Crippen LogP contribution in [0, 0.1) is 0 Å². The molecule has 30 heavy (non-hydrogen) atoms. The van der Waals surface area contributed by atoms with Gasteiger partial charge in [-0.25, -0.2) is 19.9 Å². The van der Waals surface area contributed by atoms with E-state index in [1.807, 2.05) is 48.5 Å². The highest BCUT2D eigenvalue weighted by molar-refractivity contribution is 6.60. The first-order valence-corrected chi connectivity index (χ1v) is 9.13. The molecule has 0 unspecified atom stereocenters. The molecule has 0 atom stereocenters. The van der Waals surface area contributed by atoms with Crippen molar-refractivity contribution in [1.29, 1.82) is 0 Å². The Bertz CT molecular complexity index is 1150. The molecule has 2 aromatic heterocycles. The lowest BCUT2D eigenvalue weighted by Gasteiger charge is -2.01. The van der Waals surface area contributed by atoms with Gasteiger partial charge in [-0.1, -0.05) is 48.5 Å². The summed E-state index contributed by atoms with van der Waals surface area (Å²) in [6.07, 6.45) is 0. The van der Waals surface area contributed by atoms with Crippen LogP contribution in [0.1, 0.15) is 0 Å². The van der Waals surface area contributed by atoms with Gasteiger partial charge >= 0.3 is 14.2 Å². The molecule has 0 saturated heterocycles. The number of hydrogen-bond donors (Lipinski definition) is 4. The minimum Gasteiger partial charge on any atom is -0.423 e. The first kappa shape index (κ1) is 19.9. The van der Waals surface area contributed by atoms with Gasteiger partial charge in [0.2, 0.25) is 0 Å². The van der Waals surface area contributed by atoms with Gasteiger partial charge in [0.05, 0.1) is 22.1 Å². The Morgan fingerprint density at radius 3 is 0.933 bits per heavy atom. The van der Waals surface area contributed by atoms with E-state index >= 15 is 0 Å². The Balaban J connectivity index is 0.000000159. The van der Waals surface area contributed by atoms with Crippen molar-refractivity contribution in [2.24, 2.45) is 0 Å². The molecule has 0 aliphatic carbocycles. The molecule has 5 aromatic rings. The molecule has 0 spiro atoms. The SMILES string of the molecule is OB(O)c1ccc(B(O)O)cc1.c1ccc2nc3nc4ccccc4nc3nc2c1. The number of nitrogens with zero attached hydrogens (tertiary/aromatic N) is 4. The molecule has 4 N–H and O–H groups in total. The summed E-state index contributed by atoms with van der Waals surface area (Å²) < 4.78 is 0. The monoisotopic (exact) mass is 398 g/mol. The highest BCUT2D eigenvalue weighted by Crippen LogP contribution is 2.16. The summed E-state index contributed by atoms with van der Waals surface area (Å²) in [5, 5.41) is 34.7. The van der Waals surface area contributed by atoms with Crippen molar-refractivity contribution in [3.05, 3.63) is 72.8 Å². The maximum Gasteiger partial charge on any atom is 0.488 e. The smallest absolute Gasteiger partial charge is 0.423 e. The number of hydrogen-bond acceptors (Lipinski definition) is 8. The highest BCUT2D eigenvalue weighted by atomic mass is 16.4. The molecule has 2 heterocycles. The molecule has 146 valence electrons. The molecule has 0 radical (unpaired) electrons. The minimum atomic E-state index is -1.52. The van der Waals surface area contributed by atoms with Gasteiger partial charge in [-0.2, -0.15) is 0 Å². The van der Waals surface area contributed by atoms with Crippen LogP contribution >= 0.6 is 0 Å². The molecular weight excluding hydrogens is 382 g/mol. The summed E-state index contributed by atoms with van der Waals surface area (Å²) in [5.74, 6) is 0. The van der Waals surface area contributed by atoms with E-state index in [1.54, 1.807) is 0 Å². The summed E-state index contributed by atoms with van der Waals surface area (Å²) in [6, 6.07) is 21.1. The van der Waals surface area contributed by atoms with E-state index in [1.165, 1.54) is 24.3 Å². The molecule has 0 amide bonds. The van der Waals surface area contributed by atoms with Crippen LogP contribution in [-0.2, 0) is 0 Å². The van der Waals surface area contributed by atoms with E-state index in [9.17, 15) is 0 Å². The van der Waals surface area contributed by atoms with Crippen LogP contribution in [0.25, 0.3) is 33.4 Å². The van der Waals surface area contributed by atoms with Gasteiger partial charge in [0, 0.05) is 0 Å². The Hall–Kier alpha value is -3.43. The lowest BCUT2D eigenvalue weighted by atomic mass is 9.75. The average molecular weight is 398 g/mol. The van der Waals surface area contributed by atoms with Crippen molar-refractivity contribution < 1.29 is 20.1 Å². The van der Waals surface area contributed by atoms with Gasteiger partial charge in [-0.3, -0.25) is 0 Å². The Labute approximate surface area is 171 Å². The first-order valence-electron chi connectivity index (χ1n) is 9.13. The molecule has 0 saturated carbocycles. The van der Waals surface area contributed by atoms with Crippen molar-refractivity contribution in [2.45, 2.75) is 0 Å². The van der Waals surface area contributed by atoms with Gasteiger partial charge in [0.25, 0.3) is 0 Å². The number of benzene rings is 3. The molecule has 8 nitrogen and oxygen atoms in total. The van der Waals surface area contributed by atoms with Gasteiger partial charge < -0.3 is 20.1 Å². The molecule has 0 aliphatic heterocycles. The fourth-order valence-electron chi connectivity index (χ4n) is 2.85. The lowest BCUT2D eigenvalue weighted by Crippen LogP contribution is -2.34. The largest absolute Gasteiger partial charge is 0.488 e. The Kier molecular flexibility index (Phi) is 5.64. The van der Waals surface area contributed by atoms with Crippen LogP contribution in [0.15, 0.2) is 72.8 Å². The van der Waals surface area contributed by atoms with Crippen LogP contribution in [-0.4, -0.2) is 54.3 Å². The fourth-order valence-corrected chi connectivity index (χ4v) is 2.85. The lowest BCUT2D eigenvalue weighted by molar-refractivity contribution is 0.423. The van der Waals surface area contributed by atoms with Gasteiger partial charge in [-0.15, -0.1) is 0 Å². The molecule has 0 fully saturated rings. The second kappa shape index (κ2) is 8.52. The molecule has 0 aliphatic rings. The minimum absolute atomic E-state index is 0.319. The third-order valence-corrected chi connectivity index (χ3v) is 4.40. The molecule has 5 rings (SSSR count). The van der Waals surface area contributed by atoms with Crippen LogP contribution in [0.5, 0.6) is 0 Å². The quantitative estimate of drug-likeness (QED) is 0.237. The summed E-state index contributed by atoms with van der Waals surface area (Å²) in [6.45, 7) is 0. The van der Waals surface area contributed by atoms with Crippen LogP contribution in [0.4, 0.5) is 0 Å². The molecule has 3 aromatic carbocycles. The molecule has 10 heteroatoms. The van der Waals surface area contributed by atoms with Crippen molar-refractivity contribution in [3.63, 3.8) is 0 Å². The van der Waals surface area contributed by atoms with E-state index in [-0.39, 0.29) is 0 Å². The number of para-hydroxylation sites is 4. The van der Waals surface area contributed by atoms with E-state index in [4.69, 9.17) is 20.1 Å². The zero-order valence-electron chi connectivity index (χ0n) is 15.7. The van der Waals surface area contributed by atoms with Crippen LogP contribution in [0.3, 0.4) is 0 Å². The average Bonchev–Trinajstić information content (AvgIpc) is 2.76. The van der Waals surface area contributed by atoms with Gasteiger partial charge in [-0.05, 0) is 35.2 Å². The Morgan fingerprint density at radius 1 is 0.433 bits per heavy atom. The second-order valence-corrected chi connectivity index (χ2v) is 6.49. The van der Waals surface area contributed by atoms with E-state index in [0.717, 1.165) is 22.1 Å². The van der Waals surface area contributed by atoms with E-state index in [2.05, 4.69) is 19.9 Å². The summed E-state index contributed by atoms with van der Waals surface area (Å²) in [5.41, 5.74) is 5.19. The third-order valence-electron chi connectivity index (χ3n) is 4.40. The predicted octanol–water partition coefficient (Wildman–Crippen LogP) is -0.228. The number of aromatic nitrogens is 4. The zero-order chi connectivity index (χ0) is 21.1. The van der Waals surface area contributed by atoms with E-state index < -0.39 is 14.2 Å². The van der Waals surface area contributed by atoms with Crippen molar-refractivity contribution in [2.75, 3.05) is 0 Å². The molecular formula is C20H16B2N4O4. The standard InChI is InChI=1S/C14H8N4.C6H8B2O4/c1-2-6-10-9(5-1)15-13-14(16-10)18-12-8-4-3-7-11(12)17-13;9-7(10)5-1-2-6(4-3-5)8(11)12/h1-8H;1-4,9-12H. The summed E-state index contributed by atoms with van der Waals surface area (Å²) >= 11 is 0. The third kappa shape index (κ3) is 4.27. The molecule has 0 bridgehead atoms. The van der Waals surface area contributed by atoms with Crippen molar-refractivity contribution in [3.8, 4) is 0 Å². The number of fused-ring (bicyclic) bond motifs is 3. The summed E-state index contributed by atoms with van der Waals surface area (Å²) in [7, 11) is -3.04. The van der Waals surface area contributed by atoms with E-state index in [0.29, 0.717) is 22.2 Å². The van der Waals surface area contributed by atoms with Crippen LogP contribution < -0.4 is 10.9 Å². The maximum atomic E-state index is 8.68. The predicted molar refractivity (Wildman–Crippen MR) is 116 cm³/mol. The van der Waals surface area contributed by atoms with Crippen LogP contribution in [0.2, 0.25) is 0 Å². The van der Waals surface area contributed by atoms with Gasteiger partial charge in [0.1, 0.15) is 0 Å². The zero-order valence-corrected chi connectivity index (χ0v) is 15.7. The maximum absolute atomic E-state index is 8.68. The van der Waals surface area contributed by atoms with Crippen molar-refractivity contribution in [1.82, 2.24) is 19.9 Å². The van der Waals surface area contributed by atoms with Gasteiger partial charge in [0.15, 0.2) is 11.3 Å². The normalized spacial score (nSPS) is 10.7. The summed E-state index contributed by atoms with van der Waals surface area (Å²) in [4.78, 5) is 18.0. The number of rotatable bonds is 2. The van der Waals surface area contributed by atoms with Crippen molar-refractivity contribution >= 4 is 58.5 Å². The first-order chi connectivity index (χ1) is 14.5. The Morgan fingerprint density at radius 2 is 0.700 bits per heavy atom. The second-order valence-electron chi connectivity index (χ2n) is 6.49. The topological polar surface area (TPSA) is 132 Å².